The highest BCUT2D eigenvalue weighted by molar-refractivity contribution is 6.38. The molecule has 1 N–H and O–H groups in total. The van der Waals surface area contributed by atoms with Crippen molar-refractivity contribution in [2.75, 3.05) is 19.6 Å². The third-order valence-electron chi connectivity index (χ3n) is 4.78. The molecule has 1 fully saturated rings. The number of hydrogen-bond acceptors (Lipinski definition) is 5. The Morgan fingerprint density at radius 3 is 2.40 bits per heavy atom. The molecule has 1 aliphatic rings. The third-order valence-corrected chi connectivity index (χ3v) is 4.78. The fourth-order valence-corrected chi connectivity index (χ4v) is 3.05. The number of piperazine rings is 1. The molecule has 1 unspecified atom stereocenters. The first kappa shape index (κ1) is 21.0. The lowest BCUT2D eigenvalue weighted by Gasteiger charge is -2.32. The summed E-state index contributed by atoms with van der Waals surface area (Å²) < 4.78 is 5.70. The first-order valence-corrected chi connectivity index (χ1v) is 9.59. The maximum atomic E-state index is 12.4. The minimum atomic E-state index is -1.08. The SMILES string of the molecule is CCN1CCN(C(=O)NC([C]=O)c2ccc(OCc3ccccc3)cc2)C(=O)C1=O. The van der Waals surface area contributed by atoms with Crippen molar-refractivity contribution in [1.82, 2.24) is 15.1 Å². The van der Waals surface area contributed by atoms with Gasteiger partial charge in [0, 0.05) is 19.6 Å². The monoisotopic (exact) mass is 408 g/mol. The molecule has 3 rings (SSSR count). The molecule has 0 aliphatic carbocycles. The summed E-state index contributed by atoms with van der Waals surface area (Å²) in [6, 6.07) is 14.4. The van der Waals surface area contributed by atoms with Gasteiger partial charge < -0.3 is 15.0 Å². The molecule has 0 spiro atoms. The normalized spacial score (nSPS) is 15.0. The number of ether oxygens (including phenoxy) is 1. The predicted octanol–water partition coefficient (Wildman–Crippen LogP) is 1.82. The van der Waals surface area contributed by atoms with Gasteiger partial charge in [-0.15, -0.1) is 0 Å². The number of benzene rings is 2. The van der Waals surface area contributed by atoms with Crippen molar-refractivity contribution in [2.24, 2.45) is 0 Å². The molecule has 0 bridgehead atoms. The van der Waals surface area contributed by atoms with E-state index in [2.05, 4.69) is 5.32 Å². The maximum Gasteiger partial charge on any atom is 0.325 e. The quantitative estimate of drug-likeness (QED) is 0.705. The number of amides is 4. The van der Waals surface area contributed by atoms with Crippen molar-refractivity contribution < 1.29 is 23.9 Å². The first-order valence-electron chi connectivity index (χ1n) is 9.59. The van der Waals surface area contributed by atoms with Gasteiger partial charge in [-0.1, -0.05) is 42.5 Å². The van der Waals surface area contributed by atoms with E-state index in [4.69, 9.17) is 4.74 Å². The molecule has 1 aliphatic heterocycles. The molecule has 2 aromatic carbocycles. The number of rotatable bonds is 7. The van der Waals surface area contributed by atoms with E-state index in [0.717, 1.165) is 10.5 Å². The van der Waals surface area contributed by atoms with Gasteiger partial charge in [0.15, 0.2) is 0 Å². The van der Waals surface area contributed by atoms with Gasteiger partial charge in [0.2, 0.25) is 6.29 Å². The molecule has 0 saturated carbocycles. The Morgan fingerprint density at radius 2 is 1.77 bits per heavy atom. The number of likely N-dealkylation sites (N-methyl/N-ethyl adjacent to an activating group) is 1. The maximum absolute atomic E-state index is 12.4. The van der Waals surface area contributed by atoms with Gasteiger partial charge in [-0.05, 0) is 30.2 Å². The highest BCUT2D eigenvalue weighted by Crippen LogP contribution is 2.19. The van der Waals surface area contributed by atoms with Crippen LogP contribution in [0.25, 0.3) is 0 Å². The van der Waals surface area contributed by atoms with Crippen LogP contribution in [0.3, 0.4) is 0 Å². The lowest BCUT2D eigenvalue weighted by Crippen LogP contribution is -2.58. The summed E-state index contributed by atoms with van der Waals surface area (Å²) in [6.45, 7) is 2.88. The Morgan fingerprint density at radius 1 is 1.07 bits per heavy atom. The molecule has 4 amide bonds. The van der Waals surface area contributed by atoms with Gasteiger partial charge in [0.25, 0.3) is 0 Å². The van der Waals surface area contributed by atoms with Gasteiger partial charge in [-0.2, -0.15) is 0 Å². The van der Waals surface area contributed by atoms with Crippen LogP contribution in [0.2, 0.25) is 0 Å². The van der Waals surface area contributed by atoms with Crippen molar-refractivity contribution in [3.8, 4) is 5.75 Å². The number of carbonyl (C=O) groups is 3. The zero-order valence-electron chi connectivity index (χ0n) is 16.5. The van der Waals surface area contributed by atoms with Gasteiger partial charge in [-0.3, -0.25) is 19.3 Å². The van der Waals surface area contributed by atoms with E-state index in [9.17, 15) is 19.2 Å². The van der Waals surface area contributed by atoms with Crippen LogP contribution in [0.4, 0.5) is 4.79 Å². The van der Waals surface area contributed by atoms with E-state index < -0.39 is 23.9 Å². The highest BCUT2D eigenvalue weighted by atomic mass is 16.5. The zero-order valence-corrected chi connectivity index (χ0v) is 16.5. The Hall–Kier alpha value is -3.68. The van der Waals surface area contributed by atoms with Crippen LogP contribution in [-0.2, 0) is 21.0 Å². The highest BCUT2D eigenvalue weighted by Gasteiger charge is 2.36. The van der Waals surface area contributed by atoms with Crippen LogP contribution in [0.15, 0.2) is 54.6 Å². The summed E-state index contributed by atoms with van der Waals surface area (Å²) in [5.74, 6) is -1.03. The van der Waals surface area contributed by atoms with Crippen molar-refractivity contribution in [2.45, 2.75) is 19.6 Å². The topological polar surface area (TPSA) is 96.0 Å². The van der Waals surface area contributed by atoms with Gasteiger partial charge in [0.05, 0.1) is 0 Å². The molecular formula is C22H22N3O5. The molecule has 30 heavy (non-hydrogen) atoms. The Bertz CT molecular complexity index is 914. The van der Waals surface area contributed by atoms with Crippen LogP contribution in [0, 0.1) is 0 Å². The number of urea groups is 1. The lowest BCUT2D eigenvalue weighted by atomic mass is 10.1. The number of hydrogen-bond donors (Lipinski definition) is 1. The molecule has 8 nitrogen and oxygen atoms in total. The molecule has 0 aromatic heterocycles. The number of nitrogens with zero attached hydrogens (tertiary/aromatic N) is 2. The fourth-order valence-electron chi connectivity index (χ4n) is 3.05. The molecule has 1 heterocycles. The lowest BCUT2D eigenvalue weighted by molar-refractivity contribution is -0.153. The second-order valence-electron chi connectivity index (χ2n) is 6.69. The molecule has 1 atom stereocenters. The van der Waals surface area contributed by atoms with E-state index in [-0.39, 0.29) is 13.1 Å². The molecular weight excluding hydrogens is 386 g/mol. The van der Waals surface area contributed by atoms with Crippen LogP contribution < -0.4 is 10.1 Å². The molecule has 1 radical (unpaired) electrons. The van der Waals surface area contributed by atoms with E-state index in [1.54, 1.807) is 37.5 Å². The van der Waals surface area contributed by atoms with Crippen molar-refractivity contribution in [3.63, 3.8) is 0 Å². The van der Waals surface area contributed by atoms with Crippen molar-refractivity contribution >= 4 is 24.1 Å². The minimum Gasteiger partial charge on any atom is -0.489 e. The molecule has 8 heteroatoms. The number of carbonyl (C=O) groups excluding carboxylic acids is 4. The van der Waals surface area contributed by atoms with Crippen molar-refractivity contribution in [1.29, 1.82) is 0 Å². The van der Waals surface area contributed by atoms with Crippen LogP contribution in [0.5, 0.6) is 5.75 Å². The number of imide groups is 1. The first-order chi connectivity index (χ1) is 14.5. The third kappa shape index (κ3) is 4.83. The average molecular weight is 408 g/mol. The number of nitrogens with one attached hydrogen (secondary N) is 1. The smallest absolute Gasteiger partial charge is 0.325 e. The summed E-state index contributed by atoms with van der Waals surface area (Å²) in [6.07, 6.45) is 1.76. The van der Waals surface area contributed by atoms with Gasteiger partial charge in [-0.25, -0.2) is 4.79 Å². The van der Waals surface area contributed by atoms with Crippen molar-refractivity contribution in [3.05, 3.63) is 65.7 Å². The predicted molar refractivity (Wildman–Crippen MR) is 108 cm³/mol. The largest absolute Gasteiger partial charge is 0.489 e. The second-order valence-corrected chi connectivity index (χ2v) is 6.69. The van der Waals surface area contributed by atoms with Crippen LogP contribution in [0.1, 0.15) is 24.1 Å². The average Bonchev–Trinajstić information content (AvgIpc) is 2.79. The Labute approximate surface area is 174 Å². The summed E-state index contributed by atoms with van der Waals surface area (Å²) in [4.78, 5) is 50.1. The van der Waals surface area contributed by atoms with E-state index in [0.29, 0.717) is 24.5 Å². The Balaban J connectivity index is 1.60. The Kier molecular flexibility index (Phi) is 6.79. The fraction of sp³-hybridized carbons (Fsp3) is 0.273. The summed E-state index contributed by atoms with van der Waals surface area (Å²) in [5.41, 5.74) is 1.51. The molecule has 2 aromatic rings. The molecule has 155 valence electrons. The minimum absolute atomic E-state index is 0.0715. The van der Waals surface area contributed by atoms with Gasteiger partial charge in [0.1, 0.15) is 18.4 Å². The van der Waals surface area contributed by atoms with E-state index in [1.807, 2.05) is 30.3 Å². The zero-order chi connectivity index (χ0) is 21.5. The summed E-state index contributed by atoms with van der Waals surface area (Å²) >= 11 is 0. The van der Waals surface area contributed by atoms with Gasteiger partial charge >= 0.3 is 17.8 Å². The summed E-state index contributed by atoms with van der Waals surface area (Å²) in [5, 5.41) is 2.44. The van der Waals surface area contributed by atoms with E-state index in [1.165, 1.54) is 4.90 Å². The molecule has 1 saturated heterocycles. The summed E-state index contributed by atoms with van der Waals surface area (Å²) in [7, 11) is 0. The van der Waals surface area contributed by atoms with Crippen LogP contribution in [-0.4, -0.2) is 53.6 Å². The standard InChI is InChI=1S/C22H22N3O5/c1-2-24-12-13-25(21(28)20(24)27)22(29)23-19(14-26)17-8-10-18(11-9-17)30-15-16-6-4-3-5-7-16/h3-11,19H,2,12-13,15H2,1H3,(H,23,29). The van der Waals surface area contributed by atoms with Crippen LogP contribution >= 0.6 is 0 Å². The second kappa shape index (κ2) is 9.69. The van der Waals surface area contributed by atoms with E-state index >= 15 is 0 Å².